The molecule has 1 amide bonds. The van der Waals surface area contributed by atoms with Gasteiger partial charge in [-0.25, -0.2) is 8.42 Å². The Labute approximate surface area is 177 Å². The molecule has 1 N–H and O–H groups in total. The fourth-order valence-electron chi connectivity index (χ4n) is 2.98. The summed E-state index contributed by atoms with van der Waals surface area (Å²) in [4.78, 5) is 12.8. The molecule has 0 aliphatic heterocycles. The first-order valence-corrected chi connectivity index (χ1v) is 11.0. The normalized spacial score (nSPS) is 11.3. The highest BCUT2D eigenvalue weighted by molar-refractivity contribution is 7.89. The maximum absolute atomic E-state index is 12.8. The lowest BCUT2D eigenvalue weighted by Crippen LogP contribution is -2.30. The summed E-state index contributed by atoms with van der Waals surface area (Å²) in [5, 5.41) is 2.82. The smallest absolute Gasteiger partial charge is 0.255 e. The highest BCUT2D eigenvalue weighted by Gasteiger charge is 2.22. The molecule has 7 heteroatoms. The van der Waals surface area contributed by atoms with Crippen LogP contribution in [0.5, 0.6) is 5.75 Å². The minimum Gasteiger partial charge on any atom is -0.497 e. The Morgan fingerprint density at radius 2 is 1.67 bits per heavy atom. The molecule has 0 saturated carbocycles. The summed E-state index contributed by atoms with van der Waals surface area (Å²) in [6.45, 7) is 2.37. The molecule has 3 rings (SSSR count). The number of hydrogen-bond donors (Lipinski definition) is 1. The maximum Gasteiger partial charge on any atom is 0.255 e. The van der Waals surface area contributed by atoms with Gasteiger partial charge in [-0.15, -0.1) is 0 Å². The van der Waals surface area contributed by atoms with E-state index in [4.69, 9.17) is 4.74 Å². The van der Waals surface area contributed by atoms with Crippen molar-refractivity contribution in [1.29, 1.82) is 0 Å². The Morgan fingerprint density at radius 3 is 2.30 bits per heavy atom. The zero-order valence-electron chi connectivity index (χ0n) is 16.9. The molecule has 0 aromatic heterocycles. The third-order valence-corrected chi connectivity index (χ3v) is 6.57. The van der Waals surface area contributed by atoms with Crippen LogP contribution in [-0.4, -0.2) is 32.3 Å². The quantitative estimate of drug-likeness (QED) is 0.589. The van der Waals surface area contributed by atoms with Crippen LogP contribution in [0.25, 0.3) is 0 Å². The van der Waals surface area contributed by atoms with Crippen molar-refractivity contribution in [1.82, 2.24) is 4.31 Å². The van der Waals surface area contributed by atoms with E-state index >= 15 is 0 Å². The van der Waals surface area contributed by atoms with Crippen LogP contribution in [0.3, 0.4) is 0 Å². The van der Waals surface area contributed by atoms with Crippen molar-refractivity contribution in [3.63, 3.8) is 0 Å². The van der Waals surface area contributed by atoms with Crippen LogP contribution in [0.15, 0.2) is 83.8 Å². The van der Waals surface area contributed by atoms with Crippen molar-refractivity contribution in [2.45, 2.75) is 18.4 Å². The summed E-state index contributed by atoms with van der Waals surface area (Å²) in [6.07, 6.45) is 0. The van der Waals surface area contributed by atoms with Crippen molar-refractivity contribution < 1.29 is 17.9 Å². The lowest BCUT2D eigenvalue weighted by Gasteiger charge is -2.20. The monoisotopic (exact) mass is 424 g/mol. The molecule has 0 atom stereocenters. The van der Waals surface area contributed by atoms with E-state index < -0.39 is 10.0 Å². The first-order valence-electron chi connectivity index (χ1n) is 9.53. The summed E-state index contributed by atoms with van der Waals surface area (Å²) in [5.41, 5.74) is 1.92. The Hall–Kier alpha value is -3.16. The Bertz CT molecular complexity index is 1100. The van der Waals surface area contributed by atoms with Gasteiger partial charge in [0.25, 0.3) is 5.91 Å². The Balaban J connectivity index is 1.71. The topological polar surface area (TPSA) is 75.7 Å². The summed E-state index contributed by atoms with van der Waals surface area (Å²) in [5.74, 6) is 0.404. The van der Waals surface area contributed by atoms with Gasteiger partial charge < -0.3 is 10.1 Å². The lowest BCUT2D eigenvalue weighted by atomic mass is 10.1. The second-order valence-electron chi connectivity index (χ2n) is 6.63. The molecule has 0 radical (unpaired) electrons. The molecule has 0 aliphatic carbocycles. The van der Waals surface area contributed by atoms with Crippen LogP contribution in [0, 0.1) is 0 Å². The van der Waals surface area contributed by atoms with Crippen molar-refractivity contribution >= 4 is 21.6 Å². The van der Waals surface area contributed by atoms with E-state index in [-0.39, 0.29) is 17.3 Å². The molecule has 3 aromatic rings. The first-order chi connectivity index (χ1) is 14.4. The van der Waals surface area contributed by atoms with Crippen molar-refractivity contribution in [2.24, 2.45) is 0 Å². The van der Waals surface area contributed by atoms with Gasteiger partial charge in [-0.1, -0.05) is 43.3 Å². The third kappa shape index (κ3) is 5.06. The second-order valence-corrected chi connectivity index (χ2v) is 8.57. The first kappa shape index (κ1) is 21.5. The number of sulfonamides is 1. The van der Waals surface area contributed by atoms with Gasteiger partial charge in [-0.2, -0.15) is 4.31 Å². The van der Waals surface area contributed by atoms with Crippen molar-refractivity contribution in [3.8, 4) is 5.75 Å². The maximum atomic E-state index is 12.8. The SMILES string of the molecule is CCN(Cc1ccc(C(=O)Nc2cccc(OC)c2)cc1)S(=O)(=O)c1ccccc1. The molecule has 0 heterocycles. The molecule has 3 aromatic carbocycles. The molecule has 0 fully saturated rings. The predicted octanol–water partition coefficient (Wildman–Crippen LogP) is 4.16. The fourth-order valence-corrected chi connectivity index (χ4v) is 4.44. The van der Waals surface area contributed by atoms with E-state index in [1.807, 2.05) is 0 Å². The lowest BCUT2D eigenvalue weighted by molar-refractivity contribution is 0.102. The second kappa shape index (κ2) is 9.56. The zero-order chi connectivity index (χ0) is 21.6. The number of nitrogens with zero attached hydrogens (tertiary/aromatic N) is 1. The average molecular weight is 425 g/mol. The van der Waals surface area contributed by atoms with Gasteiger partial charge in [0.2, 0.25) is 10.0 Å². The van der Waals surface area contributed by atoms with E-state index in [1.165, 1.54) is 4.31 Å². The minimum absolute atomic E-state index is 0.228. The summed E-state index contributed by atoms with van der Waals surface area (Å²) in [7, 11) is -2.01. The van der Waals surface area contributed by atoms with E-state index in [0.717, 1.165) is 5.56 Å². The standard InChI is InChI=1S/C23H24N2O4S/c1-3-25(30(27,28)22-10-5-4-6-11-22)17-18-12-14-19(15-13-18)23(26)24-20-8-7-9-21(16-20)29-2/h4-16H,3,17H2,1-2H3,(H,24,26). The zero-order valence-corrected chi connectivity index (χ0v) is 17.7. The number of methoxy groups -OCH3 is 1. The van der Waals surface area contributed by atoms with Crippen LogP contribution in [0.1, 0.15) is 22.8 Å². The Kier molecular flexibility index (Phi) is 6.87. The molecule has 6 nitrogen and oxygen atoms in total. The van der Waals surface area contributed by atoms with Gasteiger partial charge in [0.15, 0.2) is 0 Å². The average Bonchev–Trinajstić information content (AvgIpc) is 2.78. The van der Waals surface area contributed by atoms with Gasteiger partial charge in [0, 0.05) is 30.4 Å². The molecule has 0 aliphatic rings. The molecule has 0 saturated heterocycles. The van der Waals surface area contributed by atoms with Gasteiger partial charge in [0.1, 0.15) is 5.75 Å². The molecule has 156 valence electrons. The van der Waals surface area contributed by atoms with Gasteiger partial charge >= 0.3 is 0 Å². The number of anilines is 1. The number of amides is 1. The number of ether oxygens (including phenoxy) is 1. The molecule has 30 heavy (non-hydrogen) atoms. The van der Waals surface area contributed by atoms with Crippen LogP contribution in [-0.2, 0) is 16.6 Å². The highest BCUT2D eigenvalue weighted by Crippen LogP contribution is 2.20. The number of nitrogens with one attached hydrogen (secondary N) is 1. The van der Waals surface area contributed by atoms with Gasteiger partial charge in [-0.3, -0.25) is 4.79 Å². The number of hydrogen-bond acceptors (Lipinski definition) is 4. The van der Waals surface area contributed by atoms with E-state index in [2.05, 4.69) is 5.32 Å². The number of carbonyl (C=O) groups is 1. The molecular formula is C23H24N2O4S. The van der Waals surface area contributed by atoms with E-state index in [9.17, 15) is 13.2 Å². The van der Waals surface area contributed by atoms with Gasteiger partial charge in [-0.05, 0) is 42.0 Å². The van der Waals surface area contributed by atoms with Crippen LogP contribution in [0.2, 0.25) is 0 Å². The summed E-state index contributed by atoms with van der Waals surface area (Å²) >= 11 is 0. The van der Waals surface area contributed by atoms with Crippen molar-refractivity contribution in [3.05, 3.63) is 90.0 Å². The Morgan fingerprint density at radius 1 is 0.967 bits per heavy atom. The van der Waals surface area contributed by atoms with Crippen molar-refractivity contribution in [2.75, 3.05) is 19.0 Å². The molecule has 0 bridgehead atoms. The minimum atomic E-state index is -3.58. The fraction of sp³-hybridized carbons (Fsp3) is 0.174. The highest BCUT2D eigenvalue weighted by atomic mass is 32.2. The van der Waals surface area contributed by atoms with Crippen LogP contribution >= 0.6 is 0 Å². The predicted molar refractivity (Wildman–Crippen MR) is 117 cm³/mol. The number of rotatable bonds is 8. The van der Waals surface area contributed by atoms with Gasteiger partial charge in [0.05, 0.1) is 12.0 Å². The summed E-state index contributed by atoms with van der Waals surface area (Å²) < 4.78 is 32.3. The summed E-state index contributed by atoms with van der Waals surface area (Å²) in [6, 6.07) is 22.4. The van der Waals surface area contributed by atoms with E-state index in [0.29, 0.717) is 23.5 Å². The van der Waals surface area contributed by atoms with Crippen LogP contribution in [0.4, 0.5) is 5.69 Å². The number of benzene rings is 3. The molecule has 0 spiro atoms. The van der Waals surface area contributed by atoms with E-state index in [1.54, 1.807) is 92.9 Å². The van der Waals surface area contributed by atoms with Crippen LogP contribution < -0.4 is 10.1 Å². The third-order valence-electron chi connectivity index (χ3n) is 4.64. The largest absolute Gasteiger partial charge is 0.497 e. The molecular weight excluding hydrogens is 400 g/mol. The molecule has 0 unspecified atom stereocenters. The number of carbonyl (C=O) groups excluding carboxylic acids is 1.